The van der Waals surface area contributed by atoms with E-state index in [1.165, 1.54) is 18.9 Å². The molecule has 0 saturated heterocycles. The standard InChI is InChI=1S/C40H37N3O6S/c1-4-37(40(46)41-29-19-22-32(23-20-29)49-31-15-9-6-10-16-31)50-34-17-11-14-30(25-34)42-39(45)35(43-38(44)27-12-7-5-8-13-27)24-28-18-21-33(47-2)26-36(28)48-3/h5-26,37H,4H2,1-3H3,(H,41,46)(H,42,45)(H,43,44)/b35-24+. The molecule has 3 N–H and O–H groups in total. The zero-order valence-corrected chi connectivity index (χ0v) is 28.7. The first-order valence-electron chi connectivity index (χ1n) is 15.9. The van der Waals surface area contributed by atoms with Crippen LogP contribution in [0.2, 0.25) is 0 Å². The van der Waals surface area contributed by atoms with Crippen molar-refractivity contribution in [3.05, 3.63) is 144 Å². The van der Waals surface area contributed by atoms with Crippen LogP contribution in [0.4, 0.5) is 11.4 Å². The van der Waals surface area contributed by atoms with E-state index in [4.69, 9.17) is 14.2 Å². The third kappa shape index (κ3) is 9.77. The van der Waals surface area contributed by atoms with Crippen molar-refractivity contribution in [3.63, 3.8) is 0 Å². The van der Waals surface area contributed by atoms with Crippen LogP contribution in [0.1, 0.15) is 29.3 Å². The van der Waals surface area contributed by atoms with E-state index in [0.717, 1.165) is 10.6 Å². The zero-order chi connectivity index (χ0) is 35.3. The number of hydrogen-bond donors (Lipinski definition) is 3. The Hall–Kier alpha value is -6.00. The third-order valence-electron chi connectivity index (χ3n) is 7.40. The first kappa shape index (κ1) is 35.3. The Kier molecular flexibility index (Phi) is 12.3. The van der Waals surface area contributed by atoms with E-state index < -0.39 is 17.1 Å². The SMILES string of the molecule is CCC(Sc1cccc(NC(=O)/C(=C\c2ccc(OC)cc2OC)NC(=O)c2ccccc2)c1)C(=O)Nc1ccc(Oc2ccccc2)cc1. The summed E-state index contributed by atoms with van der Waals surface area (Å²) in [6.07, 6.45) is 2.12. The van der Waals surface area contributed by atoms with Crippen molar-refractivity contribution >= 4 is 46.9 Å². The molecule has 254 valence electrons. The lowest BCUT2D eigenvalue weighted by Gasteiger charge is -2.16. The summed E-state index contributed by atoms with van der Waals surface area (Å²) < 4.78 is 16.7. The van der Waals surface area contributed by atoms with Crippen molar-refractivity contribution in [2.24, 2.45) is 0 Å². The fourth-order valence-corrected chi connectivity index (χ4v) is 5.83. The molecule has 0 heterocycles. The van der Waals surface area contributed by atoms with Crippen molar-refractivity contribution in [2.45, 2.75) is 23.5 Å². The highest BCUT2D eigenvalue weighted by atomic mass is 32.2. The van der Waals surface area contributed by atoms with E-state index in [1.807, 2.05) is 43.3 Å². The van der Waals surface area contributed by atoms with Crippen LogP contribution in [-0.4, -0.2) is 37.2 Å². The normalized spacial score (nSPS) is 11.5. The molecule has 9 nitrogen and oxygen atoms in total. The number of hydrogen-bond acceptors (Lipinski definition) is 7. The number of ether oxygens (including phenoxy) is 3. The van der Waals surface area contributed by atoms with Crippen LogP contribution in [-0.2, 0) is 9.59 Å². The van der Waals surface area contributed by atoms with Crippen LogP contribution < -0.4 is 30.2 Å². The topological polar surface area (TPSA) is 115 Å². The van der Waals surface area contributed by atoms with Gasteiger partial charge in [0.05, 0.1) is 19.5 Å². The Morgan fingerprint density at radius 2 is 1.38 bits per heavy atom. The van der Waals surface area contributed by atoms with Crippen LogP contribution in [0, 0.1) is 0 Å². The van der Waals surface area contributed by atoms with Crippen molar-refractivity contribution in [3.8, 4) is 23.0 Å². The van der Waals surface area contributed by atoms with E-state index >= 15 is 0 Å². The number of nitrogens with one attached hydrogen (secondary N) is 3. The number of amides is 3. The number of benzene rings is 5. The third-order valence-corrected chi connectivity index (χ3v) is 8.76. The van der Waals surface area contributed by atoms with Gasteiger partial charge in [-0.1, -0.05) is 49.4 Å². The summed E-state index contributed by atoms with van der Waals surface area (Å²) in [5.41, 5.74) is 2.11. The van der Waals surface area contributed by atoms with E-state index in [2.05, 4.69) is 16.0 Å². The van der Waals surface area contributed by atoms with Gasteiger partial charge in [0.15, 0.2) is 0 Å². The molecule has 0 aliphatic carbocycles. The second kappa shape index (κ2) is 17.4. The minimum Gasteiger partial charge on any atom is -0.497 e. The summed E-state index contributed by atoms with van der Waals surface area (Å²) in [5, 5.41) is 8.23. The Morgan fingerprint density at radius 1 is 0.700 bits per heavy atom. The molecule has 0 aromatic heterocycles. The number of carbonyl (C=O) groups is 3. The average Bonchev–Trinajstić information content (AvgIpc) is 3.15. The monoisotopic (exact) mass is 687 g/mol. The van der Waals surface area contributed by atoms with Gasteiger partial charge >= 0.3 is 0 Å². The number of thioether (sulfide) groups is 1. The van der Waals surface area contributed by atoms with Gasteiger partial charge in [-0.25, -0.2) is 0 Å². The first-order valence-corrected chi connectivity index (χ1v) is 16.7. The Labute approximate surface area is 295 Å². The van der Waals surface area contributed by atoms with Crippen molar-refractivity contribution in [2.75, 3.05) is 24.9 Å². The Bertz CT molecular complexity index is 1950. The maximum atomic E-state index is 13.7. The molecule has 5 aromatic carbocycles. The van der Waals surface area contributed by atoms with Crippen LogP contribution in [0.5, 0.6) is 23.0 Å². The Balaban J connectivity index is 1.28. The second-order valence-corrected chi connectivity index (χ2v) is 12.2. The quantitative estimate of drug-likeness (QED) is 0.0793. The predicted octanol–water partition coefficient (Wildman–Crippen LogP) is 8.42. The number of anilines is 2. The number of carbonyl (C=O) groups excluding carboxylic acids is 3. The minimum absolute atomic E-state index is 0.00590. The lowest BCUT2D eigenvalue weighted by atomic mass is 10.1. The minimum atomic E-state index is -0.543. The van der Waals surface area contributed by atoms with Crippen LogP contribution in [0.25, 0.3) is 6.08 Å². The van der Waals surface area contributed by atoms with Gasteiger partial charge < -0.3 is 30.2 Å². The van der Waals surface area contributed by atoms with E-state index in [0.29, 0.717) is 46.2 Å². The number of methoxy groups -OCH3 is 2. The highest BCUT2D eigenvalue weighted by molar-refractivity contribution is 8.00. The molecular formula is C40H37N3O6S. The molecule has 0 aliphatic rings. The molecule has 50 heavy (non-hydrogen) atoms. The number of rotatable bonds is 14. The fourth-order valence-electron chi connectivity index (χ4n) is 4.82. The second-order valence-electron chi connectivity index (χ2n) is 10.9. The zero-order valence-electron chi connectivity index (χ0n) is 27.8. The lowest BCUT2D eigenvalue weighted by Crippen LogP contribution is -2.30. The van der Waals surface area contributed by atoms with Crippen molar-refractivity contribution in [1.82, 2.24) is 5.32 Å². The van der Waals surface area contributed by atoms with Gasteiger partial charge in [0.1, 0.15) is 28.7 Å². The predicted molar refractivity (Wildman–Crippen MR) is 198 cm³/mol. The summed E-state index contributed by atoms with van der Waals surface area (Å²) in [6.45, 7) is 1.94. The lowest BCUT2D eigenvalue weighted by molar-refractivity contribution is -0.116. The van der Waals surface area contributed by atoms with Crippen LogP contribution >= 0.6 is 11.8 Å². The molecule has 1 unspecified atom stereocenters. The maximum absolute atomic E-state index is 13.7. The van der Waals surface area contributed by atoms with E-state index in [1.54, 1.807) is 104 Å². The summed E-state index contributed by atoms with van der Waals surface area (Å²) in [5.74, 6) is 1.30. The fraction of sp³-hybridized carbons (Fsp3) is 0.125. The molecule has 3 amide bonds. The van der Waals surface area contributed by atoms with Crippen molar-refractivity contribution < 1.29 is 28.6 Å². The molecule has 0 spiro atoms. The van der Waals surface area contributed by atoms with Gasteiger partial charge in [0, 0.05) is 33.5 Å². The molecule has 0 fully saturated rings. The van der Waals surface area contributed by atoms with Crippen LogP contribution in [0.3, 0.4) is 0 Å². The van der Waals surface area contributed by atoms with Crippen molar-refractivity contribution in [1.29, 1.82) is 0 Å². The highest BCUT2D eigenvalue weighted by Gasteiger charge is 2.20. The average molecular weight is 688 g/mol. The summed E-state index contributed by atoms with van der Waals surface area (Å²) in [6, 6.07) is 37.7. The highest BCUT2D eigenvalue weighted by Crippen LogP contribution is 2.30. The number of para-hydroxylation sites is 1. The van der Waals surface area contributed by atoms with Gasteiger partial charge in [-0.15, -0.1) is 11.8 Å². The van der Waals surface area contributed by atoms with Crippen LogP contribution in [0.15, 0.2) is 138 Å². The van der Waals surface area contributed by atoms with Gasteiger partial charge in [0.2, 0.25) is 5.91 Å². The van der Waals surface area contributed by atoms with E-state index in [9.17, 15) is 14.4 Å². The maximum Gasteiger partial charge on any atom is 0.272 e. The molecule has 0 radical (unpaired) electrons. The first-order chi connectivity index (χ1) is 24.3. The van der Waals surface area contributed by atoms with Gasteiger partial charge in [-0.2, -0.15) is 0 Å². The molecule has 10 heteroatoms. The van der Waals surface area contributed by atoms with E-state index in [-0.39, 0.29) is 11.6 Å². The molecule has 0 aliphatic heterocycles. The summed E-state index contributed by atoms with van der Waals surface area (Å²) in [4.78, 5) is 40.9. The Morgan fingerprint density at radius 3 is 2.06 bits per heavy atom. The molecule has 5 aromatic rings. The summed E-state index contributed by atoms with van der Waals surface area (Å²) in [7, 11) is 3.06. The smallest absolute Gasteiger partial charge is 0.272 e. The largest absolute Gasteiger partial charge is 0.497 e. The molecule has 5 rings (SSSR count). The summed E-state index contributed by atoms with van der Waals surface area (Å²) >= 11 is 1.39. The van der Waals surface area contributed by atoms with Gasteiger partial charge in [-0.05, 0) is 91.4 Å². The van der Waals surface area contributed by atoms with Gasteiger partial charge in [-0.3, -0.25) is 14.4 Å². The molecular weight excluding hydrogens is 651 g/mol. The molecule has 0 bridgehead atoms. The molecule has 0 saturated carbocycles. The van der Waals surface area contributed by atoms with Gasteiger partial charge in [0.25, 0.3) is 11.8 Å². The molecule has 1 atom stereocenters.